The number of rotatable bonds is 3. The third-order valence-corrected chi connectivity index (χ3v) is 1.75. The Morgan fingerprint density at radius 1 is 1.64 bits per heavy atom. The first-order valence-corrected chi connectivity index (χ1v) is 4.08. The second-order valence-electron chi connectivity index (χ2n) is 2.31. The zero-order valence-electron chi connectivity index (χ0n) is 6.69. The van der Waals surface area contributed by atoms with Crippen molar-refractivity contribution in [2.45, 2.75) is 13.8 Å². The summed E-state index contributed by atoms with van der Waals surface area (Å²) in [5.74, 6) is -0.348. The zero-order chi connectivity index (χ0) is 8.85. The minimum absolute atomic E-state index is 0.316. The number of carbonyl (C=O) groups excluding carboxylic acids is 1. The summed E-state index contributed by atoms with van der Waals surface area (Å²) in [4.78, 5) is 12.5. The van der Waals surface area contributed by atoms with E-state index in [0.717, 1.165) is 5.57 Å². The number of halogens is 1. The molecule has 0 N–H and O–H groups in total. The maximum absolute atomic E-state index is 10.8. The van der Waals surface area contributed by atoms with E-state index in [1.807, 2.05) is 6.92 Å². The lowest BCUT2D eigenvalue weighted by Gasteiger charge is -2.02. The molecular weight excluding hydrogens is 208 g/mol. The van der Waals surface area contributed by atoms with Gasteiger partial charge < -0.3 is 4.74 Å². The van der Waals surface area contributed by atoms with Crippen molar-refractivity contribution in [3.05, 3.63) is 22.7 Å². The van der Waals surface area contributed by atoms with Crippen LogP contribution in [-0.4, -0.2) is 12.6 Å². The van der Waals surface area contributed by atoms with Crippen molar-refractivity contribution < 1.29 is 9.53 Å². The van der Waals surface area contributed by atoms with Crippen LogP contribution in [0.4, 0.5) is 0 Å². The van der Waals surface area contributed by atoms with Gasteiger partial charge in [-0.05, 0) is 24.4 Å². The Labute approximate surface area is 75.1 Å². The fourth-order valence-corrected chi connectivity index (χ4v) is 0.466. The lowest BCUT2D eigenvalue weighted by molar-refractivity contribution is -0.137. The quantitative estimate of drug-likeness (QED) is 0.538. The molecule has 0 fully saturated rings. The van der Waals surface area contributed by atoms with Crippen molar-refractivity contribution >= 4 is 21.9 Å². The highest BCUT2D eigenvalue weighted by Gasteiger charge is 2.01. The molecule has 0 aliphatic carbocycles. The molecule has 0 aromatic heterocycles. The Hall–Kier alpha value is -0.570. The molecule has 3 heteroatoms. The minimum atomic E-state index is -0.348. The molecule has 0 aliphatic heterocycles. The van der Waals surface area contributed by atoms with Gasteiger partial charge in [-0.2, -0.15) is 0 Å². The van der Waals surface area contributed by atoms with Gasteiger partial charge in [-0.25, -0.2) is 4.79 Å². The van der Waals surface area contributed by atoms with Gasteiger partial charge in [-0.3, -0.25) is 0 Å². The van der Waals surface area contributed by atoms with Crippen LogP contribution in [0.15, 0.2) is 22.7 Å². The van der Waals surface area contributed by atoms with Crippen molar-refractivity contribution in [1.29, 1.82) is 0 Å². The molecule has 0 amide bonds. The normalized spacial score (nSPS) is 11.0. The van der Waals surface area contributed by atoms with Crippen LogP contribution in [0.2, 0.25) is 0 Å². The van der Waals surface area contributed by atoms with Gasteiger partial charge in [-0.15, -0.1) is 0 Å². The maximum Gasteiger partial charge on any atom is 0.333 e. The van der Waals surface area contributed by atoms with Gasteiger partial charge in [0.1, 0.15) is 6.61 Å². The van der Waals surface area contributed by atoms with Gasteiger partial charge in [0.15, 0.2) is 0 Å². The van der Waals surface area contributed by atoms with Crippen molar-refractivity contribution in [3.63, 3.8) is 0 Å². The van der Waals surface area contributed by atoms with E-state index in [4.69, 9.17) is 4.74 Å². The number of carbonyl (C=O) groups is 1. The predicted octanol–water partition coefficient (Wildman–Crippen LogP) is 2.40. The lowest BCUT2D eigenvalue weighted by atomic mass is 10.3. The van der Waals surface area contributed by atoms with Crippen LogP contribution >= 0.6 is 15.9 Å². The van der Waals surface area contributed by atoms with Crippen LogP contribution in [0.1, 0.15) is 13.8 Å². The number of hydrogen-bond donors (Lipinski definition) is 0. The van der Waals surface area contributed by atoms with E-state index in [9.17, 15) is 4.79 Å². The molecule has 0 unspecified atom stereocenters. The summed E-state index contributed by atoms with van der Waals surface area (Å²) in [6.07, 6.45) is 0. The molecule has 0 aromatic carbocycles. The molecule has 2 nitrogen and oxygen atoms in total. The van der Waals surface area contributed by atoms with Crippen LogP contribution in [0.3, 0.4) is 0 Å². The molecule has 0 saturated heterocycles. The smallest absolute Gasteiger partial charge is 0.333 e. The van der Waals surface area contributed by atoms with E-state index in [-0.39, 0.29) is 5.97 Å². The van der Waals surface area contributed by atoms with Crippen molar-refractivity contribution in [2.75, 3.05) is 6.61 Å². The van der Waals surface area contributed by atoms with Gasteiger partial charge in [0.05, 0.1) is 0 Å². The fourth-order valence-electron chi connectivity index (χ4n) is 0.334. The topological polar surface area (TPSA) is 26.3 Å². The van der Waals surface area contributed by atoms with E-state index in [2.05, 4.69) is 22.5 Å². The number of ether oxygens (including phenoxy) is 1. The summed E-state index contributed by atoms with van der Waals surface area (Å²) in [6, 6.07) is 0. The Morgan fingerprint density at radius 3 is 2.55 bits per heavy atom. The van der Waals surface area contributed by atoms with Gasteiger partial charge in [0, 0.05) is 5.57 Å². The first kappa shape index (κ1) is 10.4. The second kappa shape index (κ2) is 5.13. The van der Waals surface area contributed by atoms with E-state index in [1.54, 1.807) is 11.9 Å². The molecule has 0 aliphatic rings. The number of hydrogen-bond acceptors (Lipinski definition) is 2. The van der Waals surface area contributed by atoms with E-state index in [0.29, 0.717) is 12.2 Å². The van der Waals surface area contributed by atoms with Crippen LogP contribution in [-0.2, 0) is 9.53 Å². The molecule has 0 saturated carbocycles. The third-order valence-electron chi connectivity index (χ3n) is 0.966. The molecule has 0 heterocycles. The van der Waals surface area contributed by atoms with Crippen LogP contribution in [0.5, 0.6) is 0 Å². The average molecular weight is 219 g/mol. The minimum Gasteiger partial charge on any atom is -0.458 e. The van der Waals surface area contributed by atoms with Crippen molar-refractivity contribution in [2.24, 2.45) is 0 Å². The number of esters is 1. The summed E-state index contributed by atoms with van der Waals surface area (Å²) in [7, 11) is 0. The molecule has 11 heavy (non-hydrogen) atoms. The molecule has 0 rings (SSSR count). The third kappa shape index (κ3) is 4.79. The molecule has 62 valence electrons. The largest absolute Gasteiger partial charge is 0.458 e. The highest BCUT2D eigenvalue weighted by atomic mass is 79.9. The Morgan fingerprint density at radius 2 is 2.18 bits per heavy atom. The molecule has 0 bridgehead atoms. The standard InChI is InChI=1S/C8H11BrO2/c1-6(2)8(10)11-5-7(3)4-9/h4H,1,5H2,2-3H3. The average Bonchev–Trinajstić information content (AvgIpc) is 1.99. The van der Waals surface area contributed by atoms with Gasteiger partial charge in [0.25, 0.3) is 0 Å². The lowest BCUT2D eigenvalue weighted by Crippen LogP contribution is -2.06. The van der Waals surface area contributed by atoms with E-state index in [1.165, 1.54) is 0 Å². The zero-order valence-corrected chi connectivity index (χ0v) is 8.27. The first-order valence-electron chi connectivity index (χ1n) is 3.16. The van der Waals surface area contributed by atoms with Crippen molar-refractivity contribution in [1.82, 2.24) is 0 Å². The van der Waals surface area contributed by atoms with Crippen LogP contribution in [0, 0.1) is 0 Å². The Bertz CT molecular complexity index is 194. The van der Waals surface area contributed by atoms with Gasteiger partial charge in [-0.1, -0.05) is 22.5 Å². The maximum atomic E-state index is 10.8. The molecular formula is C8H11BrO2. The Kier molecular flexibility index (Phi) is 4.86. The summed E-state index contributed by atoms with van der Waals surface area (Å²) in [5.41, 5.74) is 1.38. The van der Waals surface area contributed by atoms with Crippen LogP contribution in [0.25, 0.3) is 0 Å². The Balaban J connectivity index is 3.72. The fraction of sp³-hybridized carbons (Fsp3) is 0.375. The molecule has 0 aromatic rings. The van der Waals surface area contributed by atoms with Gasteiger partial charge in [0.2, 0.25) is 0 Å². The van der Waals surface area contributed by atoms with E-state index < -0.39 is 0 Å². The predicted molar refractivity (Wildman–Crippen MR) is 48.5 cm³/mol. The summed E-state index contributed by atoms with van der Waals surface area (Å²) in [6.45, 7) is 7.25. The molecule has 0 spiro atoms. The van der Waals surface area contributed by atoms with Crippen LogP contribution < -0.4 is 0 Å². The summed E-state index contributed by atoms with van der Waals surface area (Å²) < 4.78 is 4.82. The van der Waals surface area contributed by atoms with E-state index >= 15 is 0 Å². The summed E-state index contributed by atoms with van der Waals surface area (Å²) in [5, 5.41) is 0. The second-order valence-corrected chi connectivity index (χ2v) is 2.77. The summed E-state index contributed by atoms with van der Waals surface area (Å²) >= 11 is 3.13. The highest BCUT2D eigenvalue weighted by molar-refractivity contribution is 9.11. The first-order chi connectivity index (χ1) is 5.07. The van der Waals surface area contributed by atoms with Crippen molar-refractivity contribution in [3.8, 4) is 0 Å². The molecule has 0 radical (unpaired) electrons. The highest BCUT2D eigenvalue weighted by Crippen LogP contribution is 2.00. The monoisotopic (exact) mass is 218 g/mol. The molecule has 0 atom stereocenters. The SMILES string of the molecule is C=C(C)C(=O)OCC(C)=CBr. The van der Waals surface area contributed by atoms with Gasteiger partial charge >= 0.3 is 5.97 Å².